The van der Waals surface area contributed by atoms with E-state index in [1.807, 2.05) is 12.1 Å². The molecule has 3 heterocycles. The Bertz CT molecular complexity index is 985. The Morgan fingerprint density at radius 3 is 2.68 bits per heavy atom. The molecule has 2 atom stereocenters. The number of ether oxygens (including phenoxy) is 1. The van der Waals surface area contributed by atoms with Crippen LogP contribution in [0.25, 0.3) is 0 Å². The Morgan fingerprint density at radius 2 is 2.00 bits per heavy atom. The van der Waals surface area contributed by atoms with Crippen molar-refractivity contribution in [1.29, 1.82) is 0 Å². The van der Waals surface area contributed by atoms with E-state index in [9.17, 15) is 22.4 Å². The molecule has 1 fully saturated rings. The topological polar surface area (TPSA) is 79.4 Å². The second-order valence-corrected chi connectivity index (χ2v) is 7.39. The van der Waals surface area contributed by atoms with Gasteiger partial charge in [-0.15, -0.1) is 0 Å². The fourth-order valence-electron chi connectivity index (χ4n) is 4.27. The van der Waals surface area contributed by atoms with Crippen molar-refractivity contribution in [2.45, 2.75) is 31.1 Å². The van der Waals surface area contributed by atoms with Crippen LogP contribution >= 0.6 is 0 Å². The highest BCUT2D eigenvalue weighted by Crippen LogP contribution is 2.53. The lowest BCUT2D eigenvalue weighted by molar-refractivity contribution is -0.137. The summed E-state index contributed by atoms with van der Waals surface area (Å²) in [5.41, 5.74) is 1.48. The molecule has 1 aromatic carbocycles. The number of methoxy groups -OCH3 is 1. The van der Waals surface area contributed by atoms with E-state index >= 15 is 0 Å². The van der Waals surface area contributed by atoms with E-state index in [0.29, 0.717) is 5.69 Å². The number of halogens is 4. The highest BCUT2D eigenvalue weighted by atomic mass is 19.4. The summed E-state index contributed by atoms with van der Waals surface area (Å²) in [5.74, 6) is -0.884. The number of hydrogen-bond donors (Lipinski definition) is 2. The molecular formula is C20H21F4N5O2. The zero-order valence-corrected chi connectivity index (χ0v) is 16.7. The molecule has 1 saturated heterocycles. The van der Waals surface area contributed by atoms with Gasteiger partial charge in [0.05, 0.1) is 18.7 Å². The number of benzene rings is 1. The molecule has 0 spiro atoms. The first-order valence-electron chi connectivity index (χ1n) is 9.78. The average molecular weight is 439 g/mol. The first kappa shape index (κ1) is 21.3. The van der Waals surface area contributed by atoms with Gasteiger partial charge in [0.15, 0.2) is 6.67 Å². The van der Waals surface area contributed by atoms with E-state index in [4.69, 9.17) is 4.74 Å². The van der Waals surface area contributed by atoms with Crippen LogP contribution in [0.15, 0.2) is 24.4 Å². The van der Waals surface area contributed by atoms with Crippen molar-refractivity contribution in [1.82, 2.24) is 14.9 Å². The van der Waals surface area contributed by atoms with E-state index in [1.54, 1.807) is 11.0 Å². The van der Waals surface area contributed by atoms with Crippen molar-refractivity contribution in [3.63, 3.8) is 0 Å². The minimum absolute atomic E-state index is 0.00675. The van der Waals surface area contributed by atoms with Crippen LogP contribution in [-0.2, 0) is 15.7 Å². The maximum Gasteiger partial charge on any atom is 0.421 e. The summed E-state index contributed by atoms with van der Waals surface area (Å²) < 4.78 is 57.6. The maximum atomic E-state index is 13.3. The Hall–Kier alpha value is -2.95. The van der Waals surface area contributed by atoms with E-state index in [-0.39, 0.29) is 37.0 Å². The highest BCUT2D eigenvalue weighted by Gasteiger charge is 2.46. The average Bonchev–Trinajstić information content (AvgIpc) is 3.30. The molecule has 1 aromatic heterocycles. The normalized spacial score (nSPS) is 19.5. The molecule has 7 nitrogen and oxygen atoms in total. The summed E-state index contributed by atoms with van der Waals surface area (Å²) >= 11 is 0. The zero-order chi connectivity index (χ0) is 22.2. The van der Waals surface area contributed by atoms with Crippen LogP contribution in [0.1, 0.15) is 41.6 Å². The molecule has 0 unspecified atom stereocenters. The summed E-state index contributed by atoms with van der Waals surface area (Å²) in [7, 11) is 1.45. The van der Waals surface area contributed by atoms with Crippen LogP contribution in [0.2, 0.25) is 0 Å². The number of rotatable bonds is 7. The zero-order valence-electron chi connectivity index (χ0n) is 16.7. The van der Waals surface area contributed by atoms with Gasteiger partial charge in [0.2, 0.25) is 5.95 Å². The van der Waals surface area contributed by atoms with Gasteiger partial charge in [0, 0.05) is 25.5 Å². The standard InChI is InChI=1S/C20H21F4N5O2/c1-31-7-6-25-18-14(20(22,23)24)10-26-19(28-18)27-11-2-3-12-13(8-11)16-5-4-15(12)29(16)17(30)9-21/h2-3,8,10,15-16H,4-7,9H2,1H3,(H2,25,26,27,28)/t15-,16+/m0/s1. The second kappa shape index (κ2) is 8.29. The lowest BCUT2D eigenvalue weighted by Crippen LogP contribution is -2.29. The number of nitrogens with one attached hydrogen (secondary N) is 2. The quantitative estimate of drug-likeness (QED) is 0.502. The highest BCUT2D eigenvalue weighted by molar-refractivity contribution is 5.80. The van der Waals surface area contributed by atoms with Crippen molar-refractivity contribution in [2.75, 3.05) is 37.6 Å². The van der Waals surface area contributed by atoms with Gasteiger partial charge in [-0.25, -0.2) is 9.37 Å². The van der Waals surface area contributed by atoms with E-state index in [0.717, 1.165) is 30.2 Å². The second-order valence-electron chi connectivity index (χ2n) is 7.39. The predicted octanol–water partition coefficient (Wildman–Crippen LogP) is 3.99. The molecule has 2 aliphatic rings. The summed E-state index contributed by atoms with van der Waals surface area (Å²) in [6.07, 6.45) is -2.35. The van der Waals surface area contributed by atoms with Gasteiger partial charge < -0.3 is 20.3 Å². The van der Waals surface area contributed by atoms with Crippen LogP contribution in [0.3, 0.4) is 0 Å². The number of fused-ring (bicyclic) bond motifs is 5. The Labute approximate surface area is 175 Å². The molecule has 0 saturated carbocycles. The van der Waals surface area contributed by atoms with Crippen molar-refractivity contribution in [2.24, 2.45) is 0 Å². The van der Waals surface area contributed by atoms with Crippen LogP contribution in [-0.4, -0.2) is 47.7 Å². The van der Waals surface area contributed by atoms with Gasteiger partial charge in [-0.2, -0.15) is 18.2 Å². The molecule has 4 rings (SSSR count). The molecule has 2 N–H and O–H groups in total. The summed E-state index contributed by atoms with van der Waals surface area (Å²) in [4.78, 5) is 21.4. The predicted molar refractivity (Wildman–Crippen MR) is 105 cm³/mol. The molecule has 11 heteroatoms. The SMILES string of the molecule is COCCNc1nc(Nc2ccc3c(c2)[C@H]2CC[C@@H]3N2C(=O)CF)ncc1C(F)(F)F. The fraction of sp³-hybridized carbons (Fsp3) is 0.450. The smallest absolute Gasteiger partial charge is 0.383 e. The summed E-state index contributed by atoms with van der Waals surface area (Å²) in [5, 5.41) is 5.54. The summed E-state index contributed by atoms with van der Waals surface area (Å²) in [6.45, 7) is -0.674. The maximum absolute atomic E-state index is 13.3. The minimum Gasteiger partial charge on any atom is -0.383 e. The number of nitrogens with zero attached hydrogens (tertiary/aromatic N) is 3. The number of alkyl halides is 4. The number of carbonyl (C=O) groups is 1. The number of hydrogen-bond acceptors (Lipinski definition) is 6. The van der Waals surface area contributed by atoms with E-state index in [2.05, 4.69) is 20.6 Å². The molecule has 2 aliphatic heterocycles. The first-order valence-corrected chi connectivity index (χ1v) is 9.78. The monoisotopic (exact) mass is 439 g/mol. The Balaban J connectivity index is 1.58. The lowest BCUT2D eigenvalue weighted by Gasteiger charge is -2.20. The minimum atomic E-state index is -4.60. The fourth-order valence-corrected chi connectivity index (χ4v) is 4.27. The van der Waals surface area contributed by atoms with Crippen LogP contribution in [0, 0.1) is 0 Å². The van der Waals surface area contributed by atoms with E-state index < -0.39 is 24.3 Å². The van der Waals surface area contributed by atoms with Crippen molar-refractivity contribution in [3.8, 4) is 0 Å². The van der Waals surface area contributed by atoms with E-state index in [1.165, 1.54) is 7.11 Å². The third-order valence-electron chi connectivity index (χ3n) is 5.54. The van der Waals surface area contributed by atoms with Gasteiger partial charge >= 0.3 is 6.18 Å². The third kappa shape index (κ3) is 4.01. The van der Waals surface area contributed by atoms with Gasteiger partial charge in [-0.05, 0) is 36.1 Å². The number of amides is 1. The van der Waals surface area contributed by atoms with Gasteiger partial charge in [0.1, 0.15) is 11.4 Å². The lowest BCUT2D eigenvalue weighted by atomic mass is 9.91. The molecule has 31 heavy (non-hydrogen) atoms. The molecular weight excluding hydrogens is 418 g/mol. The van der Waals surface area contributed by atoms with Crippen LogP contribution < -0.4 is 10.6 Å². The Morgan fingerprint density at radius 1 is 1.26 bits per heavy atom. The van der Waals surface area contributed by atoms with Gasteiger partial charge in [0.25, 0.3) is 5.91 Å². The van der Waals surface area contributed by atoms with Crippen LogP contribution in [0.4, 0.5) is 35.0 Å². The molecule has 1 amide bonds. The molecule has 0 aliphatic carbocycles. The largest absolute Gasteiger partial charge is 0.421 e. The number of carbonyl (C=O) groups excluding carboxylic acids is 1. The summed E-state index contributed by atoms with van der Waals surface area (Å²) in [6, 6.07) is 5.09. The van der Waals surface area contributed by atoms with Crippen molar-refractivity contribution < 1.29 is 27.1 Å². The molecule has 166 valence electrons. The van der Waals surface area contributed by atoms with Crippen LogP contribution in [0.5, 0.6) is 0 Å². The number of aromatic nitrogens is 2. The number of anilines is 3. The molecule has 2 bridgehead atoms. The van der Waals surface area contributed by atoms with Gasteiger partial charge in [-0.1, -0.05) is 6.07 Å². The van der Waals surface area contributed by atoms with Crippen molar-refractivity contribution in [3.05, 3.63) is 41.1 Å². The van der Waals surface area contributed by atoms with Gasteiger partial charge in [-0.3, -0.25) is 4.79 Å². The first-order chi connectivity index (χ1) is 14.8. The molecule has 2 aromatic rings. The third-order valence-corrected chi connectivity index (χ3v) is 5.54. The Kier molecular flexibility index (Phi) is 5.69. The molecule has 0 radical (unpaired) electrons. The van der Waals surface area contributed by atoms with Crippen molar-refractivity contribution >= 4 is 23.4 Å².